The average Bonchev–Trinajstić information content (AvgIpc) is 2.41. The van der Waals surface area contributed by atoms with Gasteiger partial charge in [-0.25, -0.2) is 4.98 Å². The average molecular weight is 319 g/mol. The highest BCUT2D eigenvalue weighted by atomic mass is 79.9. The van der Waals surface area contributed by atoms with Gasteiger partial charge < -0.3 is 9.47 Å². The summed E-state index contributed by atoms with van der Waals surface area (Å²) in [6.45, 7) is 1.84. The Balaban J connectivity index is 2.36. The van der Waals surface area contributed by atoms with E-state index in [9.17, 15) is 0 Å². The van der Waals surface area contributed by atoms with Crippen molar-refractivity contribution < 1.29 is 9.47 Å². The smallest absolute Gasteiger partial charge is 0.237 e. The Morgan fingerprint density at radius 3 is 2.68 bits per heavy atom. The van der Waals surface area contributed by atoms with E-state index in [4.69, 9.17) is 14.7 Å². The van der Waals surface area contributed by atoms with Crippen molar-refractivity contribution in [3.8, 4) is 23.4 Å². The molecule has 0 amide bonds. The third-order valence-corrected chi connectivity index (χ3v) is 3.09. The van der Waals surface area contributed by atoms with Gasteiger partial charge in [-0.05, 0) is 53.2 Å². The van der Waals surface area contributed by atoms with Gasteiger partial charge in [0.2, 0.25) is 5.88 Å². The molecule has 1 aromatic heterocycles. The number of nitrogens with zero attached hydrogens (tertiary/aromatic N) is 2. The van der Waals surface area contributed by atoms with Gasteiger partial charge in [0.15, 0.2) is 0 Å². The van der Waals surface area contributed by atoms with E-state index in [1.54, 1.807) is 37.4 Å². The summed E-state index contributed by atoms with van der Waals surface area (Å²) in [6.07, 6.45) is 0. The van der Waals surface area contributed by atoms with Crippen LogP contribution < -0.4 is 9.47 Å². The molecule has 0 spiro atoms. The molecule has 0 saturated carbocycles. The summed E-state index contributed by atoms with van der Waals surface area (Å²) in [5.74, 6) is 1.60. The molecule has 0 saturated heterocycles. The third kappa shape index (κ3) is 3.04. The van der Waals surface area contributed by atoms with Crippen molar-refractivity contribution in [2.75, 3.05) is 7.11 Å². The van der Waals surface area contributed by atoms with E-state index in [2.05, 4.69) is 27.0 Å². The van der Waals surface area contributed by atoms with Crippen molar-refractivity contribution in [1.29, 1.82) is 5.26 Å². The molecule has 5 heteroatoms. The first-order valence-electron chi connectivity index (χ1n) is 5.53. The van der Waals surface area contributed by atoms with Crippen LogP contribution in [0.1, 0.15) is 11.3 Å². The molecule has 19 heavy (non-hydrogen) atoms. The summed E-state index contributed by atoms with van der Waals surface area (Å²) in [5, 5.41) is 9.04. The first-order valence-corrected chi connectivity index (χ1v) is 6.32. The standard InChI is InChI=1S/C14H11BrN2O2/c1-9-3-4-10(8-16)14(17-9)19-13-6-5-11(18-2)7-12(13)15/h3-7H,1-2H3. The second-order valence-corrected chi connectivity index (χ2v) is 4.67. The zero-order chi connectivity index (χ0) is 13.8. The van der Waals surface area contributed by atoms with Crippen LogP contribution in [0.4, 0.5) is 0 Å². The molecule has 0 radical (unpaired) electrons. The largest absolute Gasteiger partial charge is 0.497 e. The Morgan fingerprint density at radius 1 is 1.26 bits per heavy atom. The van der Waals surface area contributed by atoms with Gasteiger partial charge in [0.1, 0.15) is 23.1 Å². The van der Waals surface area contributed by atoms with E-state index in [1.807, 2.05) is 6.92 Å². The van der Waals surface area contributed by atoms with Crippen LogP contribution in [0.2, 0.25) is 0 Å². The molecule has 0 aliphatic carbocycles. The molecule has 0 unspecified atom stereocenters. The molecule has 0 bridgehead atoms. The van der Waals surface area contributed by atoms with Crippen LogP contribution in [0.3, 0.4) is 0 Å². The van der Waals surface area contributed by atoms with Crippen LogP contribution in [0.15, 0.2) is 34.8 Å². The quantitative estimate of drug-likeness (QED) is 0.863. The lowest BCUT2D eigenvalue weighted by molar-refractivity contribution is 0.411. The molecule has 4 nitrogen and oxygen atoms in total. The number of nitriles is 1. The summed E-state index contributed by atoms with van der Waals surface area (Å²) in [7, 11) is 1.60. The molecule has 0 aliphatic rings. The van der Waals surface area contributed by atoms with Gasteiger partial charge in [-0.2, -0.15) is 5.26 Å². The number of aryl methyl sites for hydroxylation is 1. The number of rotatable bonds is 3. The molecule has 1 heterocycles. The topological polar surface area (TPSA) is 55.1 Å². The minimum absolute atomic E-state index is 0.299. The number of benzene rings is 1. The van der Waals surface area contributed by atoms with Crippen LogP contribution in [0.5, 0.6) is 17.4 Å². The number of halogens is 1. The first-order chi connectivity index (χ1) is 9.13. The lowest BCUT2D eigenvalue weighted by atomic mass is 10.2. The monoisotopic (exact) mass is 318 g/mol. The molecule has 1 aromatic carbocycles. The van der Waals surface area contributed by atoms with E-state index in [0.29, 0.717) is 17.2 Å². The highest BCUT2D eigenvalue weighted by Crippen LogP contribution is 2.33. The van der Waals surface area contributed by atoms with Crippen molar-refractivity contribution in [3.05, 3.63) is 46.1 Å². The molecule has 2 rings (SSSR count). The van der Waals surface area contributed by atoms with Crippen LogP contribution in [-0.4, -0.2) is 12.1 Å². The molecule has 2 aromatic rings. The van der Waals surface area contributed by atoms with E-state index < -0.39 is 0 Å². The third-order valence-electron chi connectivity index (χ3n) is 2.47. The maximum absolute atomic E-state index is 9.04. The van der Waals surface area contributed by atoms with Crippen molar-refractivity contribution in [1.82, 2.24) is 4.98 Å². The molecule has 0 aliphatic heterocycles. The highest BCUT2D eigenvalue weighted by molar-refractivity contribution is 9.10. The summed E-state index contributed by atoms with van der Waals surface area (Å²) >= 11 is 3.39. The fourth-order valence-corrected chi connectivity index (χ4v) is 1.93. The van der Waals surface area contributed by atoms with E-state index in [-0.39, 0.29) is 0 Å². The van der Waals surface area contributed by atoms with Gasteiger partial charge >= 0.3 is 0 Å². The fourth-order valence-electron chi connectivity index (χ4n) is 1.49. The van der Waals surface area contributed by atoms with Crippen molar-refractivity contribution >= 4 is 15.9 Å². The van der Waals surface area contributed by atoms with Gasteiger partial charge in [0.05, 0.1) is 11.6 Å². The predicted molar refractivity (Wildman–Crippen MR) is 74.5 cm³/mol. The molecule has 0 N–H and O–H groups in total. The normalized spacial score (nSPS) is 9.79. The number of ether oxygens (including phenoxy) is 2. The van der Waals surface area contributed by atoms with E-state index in [1.165, 1.54) is 0 Å². The van der Waals surface area contributed by atoms with Gasteiger partial charge in [0, 0.05) is 5.69 Å². The van der Waals surface area contributed by atoms with Gasteiger partial charge in [-0.3, -0.25) is 0 Å². The zero-order valence-corrected chi connectivity index (χ0v) is 12.1. The van der Waals surface area contributed by atoms with Crippen LogP contribution in [-0.2, 0) is 0 Å². The zero-order valence-electron chi connectivity index (χ0n) is 10.5. The Hall–Kier alpha value is -2.06. The highest BCUT2D eigenvalue weighted by Gasteiger charge is 2.10. The Bertz CT molecular complexity index is 650. The lowest BCUT2D eigenvalue weighted by Crippen LogP contribution is -1.94. The van der Waals surface area contributed by atoms with Crippen molar-refractivity contribution in [2.45, 2.75) is 6.92 Å². The first kappa shape index (κ1) is 13.4. The maximum Gasteiger partial charge on any atom is 0.237 e. The Labute approximate surface area is 119 Å². The number of pyridine rings is 1. The SMILES string of the molecule is COc1ccc(Oc2nc(C)ccc2C#N)c(Br)c1. The van der Waals surface area contributed by atoms with E-state index >= 15 is 0 Å². The molecular formula is C14H11BrN2O2. The number of methoxy groups -OCH3 is 1. The van der Waals surface area contributed by atoms with Crippen molar-refractivity contribution in [2.24, 2.45) is 0 Å². The van der Waals surface area contributed by atoms with E-state index in [0.717, 1.165) is 15.9 Å². The van der Waals surface area contributed by atoms with Crippen molar-refractivity contribution in [3.63, 3.8) is 0 Å². The second kappa shape index (κ2) is 5.72. The van der Waals surface area contributed by atoms with Gasteiger partial charge in [0.25, 0.3) is 0 Å². The summed E-state index contributed by atoms with van der Waals surface area (Å²) in [5.41, 5.74) is 1.19. The molecular weight excluding hydrogens is 308 g/mol. The van der Waals surface area contributed by atoms with Crippen LogP contribution in [0.25, 0.3) is 0 Å². The van der Waals surface area contributed by atoms with Gasteiger partial charge in [-0.15, -0.1) is 0 Å². The summed E-state index contributed by atoms with van der Waals surface area (Å²) < 4.78 is 11.5. The molecule has 0 fully saturated rings. The summed E-state index contributed by atoms with van der Waals surface area (Å²) in [6, 6.07) is 10.8. The minimum atomic E-state index is 0.299. The van der Waals surface area contributed by atoms with Gasteiger partial charge in [-0.1, -0.05) is 0 Å². The Morgan fingerprint density at radius 2 is 2.05 bits per heavy atom. The number of aromatic nitrogens is 1. The maximum atomic E-state index is 9.04. The minimum Gasteiger partial charge on any atom is -0.497 e. The lowest BCUT2D eigenvalue weighted by Gasteiger charge is -2.09. The molecule has 0 atom stereocenters. The molecule has 96 valence electrons. The Kier molecular flexibility index (Phi) is 4.03. The van der Waals surface area contributed by atoms with Crippen LogP contribution in [0, 0.1) is 18.3 Å². The number of hydrogen-bond acceptors (Lipinski definition) is 4. The summed E-state index contributed by atoms with van der Waals surface area (Å²) in [4.78, 5) is 4.23. The van der Waals surface area contributed by atoms with Crippen LogP contribution >= 0.6 is 15.9 Å². The second-order valence-electron chi connectivity index (χ2n) is 3.82. The fraction of sp³-hybridized carbons (Fsp3) is 0.143. The predicted octanol–water partition coefficient (Wildman–Crippen LogP) is 3.83. The number of hydrogen-bond donors (Lipinski definition) is 0.